The SMILES string of the molecule is CC.O=Cc1ccc2cc(OC3CCC4(CCCC4)CC3)ccc2c1. The van der Waals surface area contributed by atoms with Gasteiger partial charge in [-0.15, -0.1) is 0 Å². The van der Waals surface area contributed by atoms with Crippen LogP contribution < -0.4 is 4.74 Å². The molecule has 25 heavy (non-hydrogen) atoms. The second-order valence-electron chi connectivity index (χ2n) is 7.41. The zero-order valence-electron chi connectivity index (χ0n) is 15.6. The second kappa shape index (κ2) is 8.03. The summed E-state index contributed by atoms with van der Waals surface area (Å²) in [7, 11) is 0. The molecule has 0 bridgehead atoms. The molecule has 0 unspecified atom stereocenters. The van der Waals surface area contributed by atoms with Crippen LogP contribution in [-0.2, 0) is 0 Å². The molecular weight excluding hydrogens is 308 g/mol. The lowest BCUT2D eigenvalue weighted by Gasteiger charge is -2.37. The molecule has 2 fully saturated rings. The Balaban J connectivity index is 0.000000880. The van der Waals surface area contributed by atoms with Crippen molar-refractivity contribution in [1.29, 1.82) is 0 Å². The molecular formula is C23H30O2. The molecule has 0 heterocycles. The minimum absolute atomic E-state index is 0.368. The van der Waals surface area contributed by atoms with E-state index in [2.05, 4.69) is 12.1 Å². The molecule has 2 aromatic rings. The van der Waals surface area contributed by atoms with Crippen LogP contribution in [0.4, 0.5) is 0 Å². The van der Waals surface area contributed by atoms with E-state index in [1.165, 1.54) is 51.4 Å². The van der Waals surface area contributed by atoms with Crippen molar-refractivity contribution in [1.82, 2.24) is 0 Å². The van der Waals surface area contributed by atoms with Crippen LogP contribution in [0.25, 0.3) is 10.8 Å². The fraction of sp³-hybridized carbons (Fsp3) is 0.522. The molecule has 134 valence electrons. The van der Waals surface area contributed by atoms with E-state index in [1.54, 1.807) is 0 Å². The standard InChI is InChI=1S/C21H24O2.C2H6/c22-15-16-3-4-18-14-20(6-5-17(18)13-16)23-19-7-11-21(12-8-19)9-1-2-10-21;1-2/h3-6,13-15,19H,1-2,7-12H2;1-2H3. The topological polar surface area (TPSA) is 26.3 Å². The summed E-state index contributed by atoms with van der Waals surface area (Å²) >= 11 is 0. The summed E-state index contributed by atoms with van der Waals surface area (Å²) in [6.07, 6.45) is 12.1. The summed E-state index contributed by atoms with van der Waals surface area (Å²) in [5.41, 5.74) is 1.38. The van der Waals surface area contributed by atoms with Crippen LogP contribution in [0.2, 0.25) is 0 Å². The fourth-order valence-corrected chi connectivity index (χ4v) is 4.53. The molecule has 0 radical (unpaired) electrons. The van der Waals surface area contributed by atoms with Crippen molar-refractivity contribution >= 4 is 17.1 Å². The highest BCUT2D eigenvalue weighted by molar-refractivity contribution is 5.89. The van der Waals surface area contributed by atoms with Crippen molar-refractivity contribution in [2.24, 2.45) is 5.41 Å². The summed E-state index contributed by atoms with van der Waals surface area (Å²) in [6, 6.07) is 12.0. The number of carbonyl (C=O) groups is 1. The summed E-state index contributed by atoms with van der Waals surface area (Å²) in [5, 5.41) is 2.23. The maximum Gasteiger partial charge on any atom is 0.150 e. The van der Waals surface area contributed by atoms with Gasteiger partial charge in [0.1, 0.15) is 12.0 Å². The minimum Gasteiger partial charge on any atom is -0.490 e. The third-order valence-corrected chi connectivity index (χ3v) is 5.93. The van der Waals surface area contributed by atoms with Crippen molar-refractivity contribution in [3.63, 3.8) is 0 Å². The molecule has 2 aliphatic carbocycles. The van der Waals surface area contributed by atoms with Gasteiger partial charge in [-0.3, -0.25) is 4.79 Å². The maximum atomic E-state index is 10.9. The Morgan fingerprint density at radius 3 is 2.24 bits per heavy atom. The van der Waals surface area contributed by atoms with E-state index in [9.17, 15) is 4.79 Å². The Bertz CT molecular complexity index is 703. The van der Waals surface area contributed by atoms with Gasteiger partial charge in [-0.05, 0) is 72.9 Å². The number of hydrogen-bond acceptors (Lipinski definition) is 2. The Labute approximate surface area is 151 Å². The van der Waals surface area contributed by atoms with Gasteiger partial charge in [-0.25, -0.2) is 0 Å². The zero-order valence-corrected chi connectivity index (χ0v) is 15.6. The first kappa shape index (κ1) is 18.0. The van der Waals surface area contributed by atoms with Gasteiger partial charge in [0.2, 0.25) is 0 Å². The number of ether oxygens (including phenoxy) is 1. The van der Waals surface area contributed by atoms with Crippen LogP contribution in [0, 0.1) is 5.41 Å². The van der Waals surface area contributed by atoms with E-state index in [4.69, 9.17) is 4.74 Å². The average molecular weight is 338 g/mol. The number of hydrogen-bond donors (Lipinski definition) is 0. The average Bonchev–Trinajstić information content (AvgIpc) is 3.13. The first-order valence-corrected chi connectivity index (χ1v) is 9.92. The number of benzene rings is 2. The molecule has 0 N–H and O–H groups in total. The van der Waals surface area contributed by atoms with Crippen LogP contribution in [0.15, 0.2) is 36.4 Å². The van der Waals surface area contributed by atoms with E-state index >= 15 is 0 Å². The predicted molar refractivity (Wildman–Crippen MR) is 104 cm³/mol. The van der Waals surface area contributed by atoms with Crippen LogP contribution in [0.1, 0.15) is 75.6 Å². The lowest BCUT2D eigenvalue weighted by Crippen LogP contribution is -2.30. The van der Waals surface area contributed by atoms with E-state index < -0.39 is 0 Å². The second-order valence-corrected chi connectivity index (χ2v) is 7.41. The monoisotopic (exact) mass is 338 g/mol. The quantitative estimate of drug-likeness (QED) is 0.592. The van der Waals surface area contributed by atoms with Crippen molar-refractivity contribution in [3.05, 3.63) is 42.0 Å². The lowest BCUT2D eigenvalue weighted by molar-refractivity contribution is 0.0825. The molecule has 0 amide bonds. The molecule has 2 nitrogen and oxygen atoms in total. The van der Waals surface area contributed by atoms with Crippen molar-refractivity contribution in [2.45, 2.75) is 71.3 Å². The predicted octanol–water partition coefficient (Wildman–Crippen LogP) is 6.56. The highest BCUT2D eigenvalue weighted by Gasteiger charge is 2.37. The van der Waals surface area contributed by atoms with E-state index in [0.29, 0.717) is 11.5 Å². The number of fused-ring (bicyclic) bond motifs is 1. The molecule has 2 aromatic carbocycles. The normalized spacial score (nSPS) is 19.4. The number of aldehydes is 1. The third kappa shape index (κ3) is 4.05. The van der Waals surface area contributed by atoms with Gasteiger partial charge in [0.25, 0.3) is 0 Å². The Hall–Kier alpha value is -1.83. The zero-order chi connectivity index (χ0) is 17.7. The molecule has 2 heteroatoms. The Kier molecular flexibility index (Phi) is 5.78. The summed E-state index contributed by atoms with van der Waals surface area (Å²) in [6.45, 7) is 4.00. The Morgan fingerprint density at radius 1 is 0.920 bits per heavy atom. The first-order chi connectivity index (χ1) is 12.3. The molecule has 0 aromatic heterocycles. The van der Waals surface area contributed by atoms with Crippen LogP contribution >= 0.6 is 0 Å². The highest BCUT2D eigenvalue weighted by atomic mass is 16.5. The largest absolute Gasteiger partial charge is 0.490 e. The minimum atomic E-state index is 0.368. The molecule has 2 saturated carbocycles. The van der Waals surface area contributed by atoms with Crippen molar-refractivity contribution < 1.29 is 9.53 Å². The maximum absolute atomic E-state index is 10.9. The van der Waals surface area contributed by atoms with Gasteiger partial charge < -0.3 is 4.74 Å². The molecule has 4 rings (SSSR count). The van der Waals surface area contributed by atoms with Gasteiger partial charge in [0, 0.05) is 5.56 Å². The fourth-order valence-electron chi connectivity index (χ4n) is 4.53. The van der Waals surface area contributed by atoms with Crippen LogP contribution in [0.5, 0.6) is 5.75 Å². The van der Waals surface area contributed by atoms with Gasteiger partial charge in [0.05, 0.1) is 6.10 Å². The van der Waals surface area contributed by atoms with Crippen molar-refractivity contribution in [2.75, 3.05) is 0 Å². The van der Waals surface area contributed by atoms with Gasteiger partial charge in [-0.1, -0.05) is 44.9 Å². The molecule has 2 aliphatic rings. The third-order valence-electron chi connectivity index (χ3n) is 5.93. The Morgan fingerprint density at radius 2 is 1.56 bits per heavy atom. The molecule has 0 atom stereocenters. The smallest absolute Gasteiger partial charge is 0.150 e. The van der Waals surface area contributed by atoms with E-state index in [1.807, 2.05) is 38.1 Å². The summed E-state index contributed by atoms with van der Waals surface area (Å²) in [5.74, 6) is 0.962. The van der Waals surface area contributed by atoms with Crippen LogP contribution in [0.3, 0.4) is 0 Å². The number of carbonyl (C=O) groups excluding carboxylic acids is 1. The van der Waals surface area contributed by atoms with E-state index in [0.717, 1.165) is 28.4 Å². The highest BCUT2D eigenvalue weighted by Crippen LogP contribution is 2.49. The van der Waals surface area contributed by atoms with E-state index in [-0.39, 0.29) is 0 Å². The van der Waals surface area contributed by atoms with Gasteiger partial charge >= 0.3 is 0 Å². The molecule has 0 aliphatic heterocycles. The summed E-state index contributed by atoms with van der Waals surface area (Å²) < 4.78 is 6.25. The molecule has 1 spiro atoms. The first-order valence-electron chi connectivity index (χ1n) is 9.92. The lowest BCUT2D eigenvalue weighted by atomic mass is 9.72. The van der Waals surface area contributed by atoms with Crippen molar-refractivity contribution in [3.8, 4) is 5.75 Å². The van der Waals surface area contributed by atoms with Crippen LogP contribution in [-0.4, -0.2) is 12.4 Å². The summed E-state index contributed by atoms with van der Waals surface area (Å²) in [4.78, 5) is 10.9. The van der Waals surface area contributed by atoms with Gasteiger partial charge in [0.15, 0.2) is 0 Å². The molecule has 0 saturated heterocycles. The van der Waals surface area contributed by atoms with Gasteiger partial charge in [-0.2, -0.15) is 0 Å². The number of rotatable bonds is 3.